The maximum absolute atomic E-state index is 12.7. The number of nitrogens with one attached hydrogen (secondary N) is 1. The van der Waals surface area contributed by atoms with Crippen LogP contribution in [-0.2, 0) is 29.0 Å². The van der Waals surface area contributed by atoms with E-state index in [2.05, 4.69) is 11.4 Å². The summed E-state index contributed by atoms with van der Waals surface area (Å²) in [6.45, 7) is 1.46. The second kappa shape index (κ2) is 7.49. The Hall–Kier alpha value is -2.65. The van der Waals surface area contributed by atoms with Gasteiger partial charge in [0.15, 0.2) is 0 Å². The standard InChI is InChI=1S/C19H18N2O3S/c1-12(22)21-18-17(15-8-4-5-9-16(15)25-18)19(23)24-11-14-7-3-2-6-13(14)10-20/h2-3,6-7H,4-5,8-9,11H2,1H3,(H,21,22). The van der Waals surface area contributed by atoms with E-state index in [1.807, 2.05) is 0 Å². The minimum Gasteiger partial charge on any atom is -0.457 e. The maximum atomic E-state index is 12.7. The number of thiophene rings is 1. The van der Waals surface area contributed by atoms with E-state index < -0.39 is 5.97 Å². The number of anilines is 1. The van der Waals surface area contributed by atoms with Gasteiger partial charge in [0, 0.05) is 17.4 Å². The van der Waals surface area contributed by atoms with Crippen molar-refractivity contribution in [2.45, 2.75) is 39.2 Å². The van der Waals surface area contributed by atoms with Gasteiger partial charge in [-0.3, -0.25) is 4.79 Å². The molecule has 2 aromatic rings. The van der Waals surface area contributed by atoms with Gasteiger partial charge in [0.05, 0.1) is 17.2 Å². The molecular formula is C19H18N2O3S. The first-order valence-electron chi connectivity index (χ1n) is 8.17. The zero-order chi connectivity index (χ0) is 17.8. The highest BCUT2D eigenvalue weighted by Gasteiger charge is 2.27. The summed E-state index contributed by atoms with van der Waals surface area (Å²) in [5.74, 6) is -0.654. The van der Waals surface area contributed by atoms with Crippen LogP contribution in [0.1, 0.15) is 51.7 Å². The molecule has 25 heavy (non-hydrogen) atoms. The number of aryl methyl sites for hydroxylation is 1. The molecule has 0 unspecified atom stereocenters. The van der Waals surface area contributed by atoms with Crippen molar-refractivity contribution in [2.24, 2.45) is 0 Å². The average molecular weight is 354 g/mol. The highest BCUT2D eigenvalue weighted by atomic mass is 32.1. The summed E-state index contributed by atoms with van der Waals surface area (Å²) in [5.41, 5.74) is 2.64. The smallest absolute Gasteiger partial charge is 0.341 e. The molecule has 128 valence electrons. The minimum absolute atomic E-state index is 0.0344. The molecule has 0 aliphatic heterocycles. The molecule has 0 fully saturated rings. The fraction of sp³-hybridized carbons (Fsp3) is 0.316. The number of nitrogens with zero attached hydrogens (tertiary/aromatic N) is 1. The normalized spacial score (nSPS) is 12.8. The number of amides is 1. The first kappa shape index (κ1) is 17.2. The average Bonchev–Trinajstić information content (AvgIpc) is 2.97. The Balaban J connectivity index is 1.85. The van der Waals surface area contributed by atoms with Gasteiger partial charge in [-0.1, -0.05) is 18.2 Å². The van der Waals surface area contributed by atoms with Crippen LogP contribution in [0.15, 0.2) is 24.3 Å². The third-order valence-corrected chi connectivity index (χ3v) is 5.37. The Kier molecular flexibility index (Phi) is 5.15. The van der Waals surface area contributed by atoms with E-state index in [1.54, 1.807) is 24.3 Å². The van der Waals surface area contributed by atoms with Gasteiger partial charge in [0.1, 0.15) is 11.6 Å². The summed E-state index contributed by atoms with van der Waals surface area (Å²) < 4.78 is 5.47. The summed E-state index contributed by atoms with van der Waals surface area (Å²) in [6, 6.07) is 9.13. The van der Waals surface area contributed by atoms with Crippen LogP contribution in [0, 0.1) is 11.3 Å². The summed E-state index contributed by atoms with van der Waals surface area (Å²) in [5, 5.41) is 12.5. The third-order valence-electron chi connectivity index (χ3n) is 4.16. The van der Waals surface area contributed by atoms with Crippen LogP contribution >= 0.6 is 11.3 Å². The Labute approximate surface area is 150 Å². The minimum atomic E-state index is -0.448. The van der Waals surface area contributed by atoms with Gasteiger partial charge in [0.25, 0.3) is 0 Å². The summed E-state index contributed by atoms with van der Waals surface area (Å²) in [7, 11) is 0. The van der Waals surface area contributed by atoms with E-state index in [9.17, 15) is 9.59 Å². The third kappa shape index (κ3) is 3.72. The number of esters is 1. The van der Waals surface area contributed by atoms with Crippen molar-refractivity contribution in [1.82, 2.24) is 0 Å². The van der Waals surface area contributed by atoms with Crippen LogP contribution in [0.5, 0.6) is 0 Å². The van der Waals surface area contributed by atoms with Gasteiger partial charge >= 0.3 is 5.97 Å². The van der Waals surface area contributed by atoms with Crippen molar-refractivity contribution >= 4 is 28.2 Å². The number of rotatable bonds is 4. The molecule has 0 atom stereocenters. The molecule has 1 heterocycles. The summed E-state index contributed by atoms with van der Waals surface area (Å²) >= 11 is 1.46. The lowest BCUT2D eigenvalue weighted by Gasteiger charge is -2.13. The van der Waals surface area contributed by atoms with Crippen LogP contribution in [-0.4, -0.2) is 11.9 Å². The Morgan fingerprint density at radius 1 is 1.28 bits per heavy atom. The molecule has 3 rings (SSSR count). The number of benzene rings is 1. The van der Waals surface area contributed by atoms with Gasteiger partial charge in [-0.25, -0.2) is 4.79 Å². The molecule has 1 aliphatic rings. The molecule has 6 heteroatoms. The van der Waals surface area contributed by atoms with Crippen LogP contribution in [0.3, 0.4) is 0 Å². The van der Waals surface area contributed by atoms with Crippen LogP contribution < -0.4 is 5.32 Å². The largest absolute Gasteiger partial charge is 0.457 e. The first-order chi connectivity index (χ1) is 12.1. The van der Waals surface area contributed by atoms with Crippen molar-refractivity contribution in [3.05, 3.63) is 51.4 Å². The highest BCUT2D eigenvalue weighted by Crippen LogP contribution is 2.38. The Morgan fingerprint density at radius 3 is 2.80 bits per heavy atom. The summed E-state index contributed by atoms with van der Waals surface area (Å²) in [6.07, 6.45) is 3.87. The first-order valence-corrected chi connectivity index (χ1v) is 8.99. The van der Waals surface area contributed by atoms with Crippen LogP contribution in [0.4, 0.5) is 5.00 Å². The number of carbonyl (C=O) groups is 2. The quantitative estimate of drug-likeness (QED) is 0.847. The van der Waals surface area contributed by atoms with Gasteiger partial charge in [-0.15, -0.1) is 11.3 Å². The van der Waals surface area contributed by atoms with Crippen molar-refractivity contribution in [3.8, 4) is 6.07 Å². The molecule has 5 nitrogen and oxygen atoms in total. The van der Waals surface area contributed by atoms with Crippen molar-refractivity contribution in [2.75, 3.05) is 5.32 Å². The molecule has 0 saturated heterocycles. The molecule has 0 bridgehead atoms. The lowest BCUT2D eigenvalue weighted by molar-refractivity contribution is -0.114. The van der Waals surface area contributed by atoms with Gasteiger partial charge in [0.2, 0.25) is 5.91 Å². The number of carbonyl (C=O) groups excluding carboxylic acids is 2. The van der Waals surface area contributed by atoms with Gasteiger partial charge < -0.3 is 10.1 Å². The second-order valence-electron chi connectivity index (χ2n) is 5.94. The predicted molar refractivity (Wildman–Crippen MR) is 95.5 cm³/mol. The molecule has 0 saturated carbocycles. The van der Waals surface area contributed by atoms with E-state index in [0.29, 0.717) is 21.7 Å². The fourth-order valence-electron chi connectivity index (χ4n) is 3.00. The molecule has 0 spiro atoms. The van der Waals surface area contributed by atoms with Gasteiger partial charge in [-0.05, 0) is 37.3 Å². The predicted octanol–water partition coefficient (Wildman–Crippen LogP) is 3.81. The number of hydrogen-bond acceptors (Lipinski definition) is 5. The molecule has 0 radical (unpaired) electrons. The van der Waals surface area contributed by atoms with Crippen LogP contribution in [0.2, 0.25) is 0 Å². The van der Waals surface area contributed by atoms with Crippen molar-refractivity contribution in [1.29, 1.82) is 5.26 Å². The lowest BCUT2D eigenvalue weighted by atomic mass is 9.95. The van der Waals surface area contributed by atoms with Crippen molar-refractivity contribution in [3.63, 3.8) is 0 Å². The fourth-order valence-corrected chi connectivity index (χ4v) is 4.32. The Bertz CT molecular complexity index is 864. The van der Waals surface area contributed by atoms with E-state index in [1.165, 1.54) is 18.3 Å². The molecule has 1 aliphatic carbocycles. The summed E-state index contributed by atoms with van der Waals surface area (Å²) in [4.78, 5) is 25.3. The zero-order valence-corrected chi connectivity index (χ0v) is 14.7. The van der Waals surface area contributed by atoms with Crippen LogP contribution in [0.25, 0.3) is 0 Å². The maximum Gasteiger partial charge on any atom is 0.341 e. The number of fused-ring (bicyclic) bond motifs is 1. The monoisotopic (exact) mass is 354 g/mol. The molecule has 1 aromatic heterocycles. The molecular weight excluding hydrogens is 336 g/mol. The Morgan fingerprint density at radius 2 is 2.04 bits per heavy atom. The van der Waals surface area contributed by atoms with E-state index in [-0.39, 0.29) is 12.5 Å². The highest BCUT2D eigenvalue weighted by molar-refractivity contribution is 7.17. The SMILES string of the molecule is CC(=O)Nc1sc2c(c1C(=O)OCc1ccccc1C#N)CCCC2. The van der Waals surface area contributed by atoms with E-state index in [4.69, 9.17) is 10.00 Å². The molecule has 1 aromatic carbocycles. The number of nitriles is 1. The zero-order valence-electron chi connectivity index (χ0n) is 13.9. The lowest BCUT2D eigenvalue weighted by Crippen LogP contribution is -2.13. The van der Waals surface area contributed by atoms with E-state index in [0.717, 1.165) is 36.1 Å². The number of ether oxygens (including phenoxy) is 1. The number of hydrogen-bond donors (Lipinski definition) is 1. The molecule has 1 N–H and O–H groups in total. The molecule has 1 amide bonds. The topological polar surface area (TPSA) is 79.2 Å². The second-order valence-corrected chi connectivity index (χ2v) is 7.05. The van der Waals surface area contributed by atoms with Gasteiger partial charge in [-0.2, -0.15) is 5.26 Å². The van der Waals surface area contributed by atoms with E-state index >= 15 is 0 Å². The van der Waals surface area contributed by atoms with Crippen molar-refractivity contribution < 1.29 is 14.3 Å².